The van der Waals surface area contributed by atoms with Gasteiger partial charge >= 0.3 is 0 Å². The van der Waals surface area contributed by atoms with Gasteiger partial charge in [-0.2, -0.15) is 11.8 Å². The van der Waals surface area contributed by atoms with E-state index in [0.29, 0.717) is 10.8 Å². The Bertz CT molecular complexity index is 185. The van der Waals surface area contributed by atoms with Crippen LogP contribution in [0.3, 0.4) is 0 Å². The van der Waals surface area contributed by atoms with Crippen LogP contribution in [0.25, 0.3) is 0 Å². The Labute approximate surface area is 105 Å². The van der Waals surface area contributed by atoms with E-state index in [2.05, 4.69) is 44.8 Å². The van der Waals surface area contributed by atoms with Gasteiger partial charge in [0, 0.05) is 29.8 Å². The lowest BCUT2D eigenvalue weighted by Gasteiger charge is -2.32. The van der Waals surface area contributed by atoms with Gasteiger partial charge in [0.1, 0.15) is 0 Å². The summed E-state index contributed by atoms with van der Waals surface area (Å²) in [5.74, 6) is 2.03. The highest BCUT2D eigenvalue weighted by Gasteiger charge is 2.24. The first-order valence-electron chi connectivity index (χ1n) is 6.48. The molecule has 1 fully saturated rings. The zero-order valence-electron chi connectivity index (χ0n) is 11.2. The molecule has 96 valence electrons. The summed E-state index contributed by atoms with van der Waals surface area (Å²) in [4.78, 5) is 0. The molecule has 0 aromatic heterocycles. The van der Waals surface area contributed by atoms with Gasteiger partial charge in [0.2, 0.25) is 0 Å². The average molecular weight is 245 g/mol. The van der Waals surface area contributed by atoms with Crippen molar-refractivity contribution in [2.24, 2.45) is 5.92 Å². The van der Waals surface area contributed by atoms with Crippen molar-refractivity contribution in [3.05, 3.63) is 0 Å². The second-order valence-corrected chi connectivity index (χ2v) is 7.38. The minimum Gasteiger partial charge on any atom is -0.381 e. The van der Waals surface area contributed by atoms with E-state index in [-0.39, 0.29) is 0 Å². The normalized spacial score (nSPS) is 21.0. The van der Waals surface area contributed by atoms with Crippen molar-refractivity contribution in [3.8, 4) is 0 Å². The largest absolute Gasteiger partial charge is 0.381 e. The molecular formula is C13H27NOS. The Morgan fingerprint density at radius 2 is 1.94 bits per heavy atom. The lowest BCUT2D eigenvalue weighted by molar-refractivity contribution is 0.0567. The van der Waals surface area contributed by atoms with Crippen LogP contribution >= 0.6 is 11.8 Å². The van der Waals surface area contributed by atoms with Gasteiger partial charge in [-0.15, -0.1) is 0 Å². The van der Waals surface area contributed by atoms with Gasteiger partial charge in [0.05, 0.1) is 0 Å². The summed E-state index contributed by atoms with van der Waals surface area (Å²) in [6.45, 7) is 12.1. The molecule has 16 heavy (non-hydrogen) atoms. The lowest BCUT2D eigenvalue weighted by atomic mass is 9.93. The van der Waals surface area contributed by atoms with Gasteiger partial charge in [-0.1, -0.05) is 27.7 Å². The predicted octanol–water partition coefficient (Wildman–Crippen LogP) is 2.92. The molecule has 1 unspecified atom stereocenters. The Balaban J connectivity index is 2.39. The fourth-order valence-electron chi connectivity index (χ4n) is 2.08. The molecule has 0 aromatic carbocycles. The maximum absolute atomic E-state index is 5.44. The van der Waals surface area contributed by atoms with Gasteiger partial charge in [0.15, 0.2) is 0 Å². The van der Waals surface area contributed by atoms with Crippen LogP contribution in [0.2, 0.25) is 0 Å². The molecule has 2 nitrogen and oxygen atoms in total. The van der Waals surface area contributed by atoms with E-state index in [1.165, 1.54) is 18.6 Å². The summed E-state index contributed by atoms with van der Waals surface area (Å²) in [6.07, 6.45) is 2.45. The summed E-state index contributed by atoms with van der Waals surface area (Å²) in [7, 11) is 0. The highest BCUT2D eigenvalue weighted by molar-refractivity contribution is 8.00. The number of ether oxygens (including phenoxy) is 1. The Kier molecular flexibility index (Phi) is 6.16. The molecule has 1 rings (SSSR count). The fourth-order valence-corrected chi connectivity index (χ4v) is 3.15. The molecule has 0 aromatic rings. The smallest absolute Gasteiger partial charge is 0.0469 e. The summed E-state index contributed by atoms with van der Waals surface area (Å²) in [5.41, 5.74) is 0. The molecule has 0 bridgehead atoms. The number of hydrogen-bond donors (Lipinski definition) is 1. The third kappa shape index (κ3) is 5.55. The first-order valence-corrected chi connectivity index (χ1v) is 7.46. The van der Waals surface area contributed by atoms with Crippen LogP contribution in [0.15, 0.2) is 0 Å². The van der Waals surface area contributed by atoms with Crippen molar-refractivity contribution >= 4 is 11.8 Å². The third-order valence-electron chi connectivity index (χ3n) is 3.00. The molecule has 1 saturated heterocycles. The Morgan fingerprint density at radius 1 is 1.31 bits per heavy atom. The molecule has 0 saturated carbocycles. The van der Waals surface area contributed by atoms with E-state index < -0.39 is 0 Å². The fraction of sp³-hybridized carbons (Fsp3) is 1.00. The van der Waals surface area contributed by atoms with Crippen molar-refractivity contribution in [2.45, 2.75) is 51.3 Å². The maximum Gasteiger partial charge on any atom is 0.0469 e. The Morgan fingerprint density at radius 3 is 2.44 bits per heavy atom. The molecule has 1 heterocycles. The lowest BCUT2D eigenvalue weighted by Crippen LogP contribution is -2.41. The van der Waals surface area contributed by atoms with E-state index >= 15 is 0 Å². The summed E-state index contributed by atoms with van der Waals surface area (Å²) >= 11 is 2.07. The van der Waals surface area contributed by atoms with E-state index in [1.807, 2.05) is 0 Å². The van der Waals surface area contributed by atoms with Crippen LogP contribution in [0, 0.1) is 5.92 Å². The topological polar surface area (TPSA) is 21.3 Å². The average Bonchev–Trinajstić information content (AvgIpc) is 2.24. The van der Waals surface area contributed by atoms with Gasteiger partial charge in [-0.25, -0.2) is 0 Å². The third-order valence-corrected chi connectivity index (χ3v) is 4.39. The molecule has 0 radical (unpaired) electrons. The number of thioether (sulfide) groups is 1. The van der Waals surface area contributed by atoms with Crippen molar-refractivity contribution in [1.82, 2.24) is 5.32 Å². The van der Waals surface area contributed by atoms with Crippen LogP contribution in [0.1, 0.15) is 40.5 Å². The molecule has 0 amide bonds. The van der Waals surface area contributed by atoms with Crippen LogP contribution in [-0.4, -0.2) is 36.3 Å². The highest BCUT2D eigenvalue weighted by Crippen LogP contribution is 2.28. The SMILES string of the molecule is CCNC(CSC(C)(C)C)C1CCOCC1. The molecular weight excluding hydrogens is 218 g/mol. The zero-order valence-corrected chi connectivity index (χ0v) is 12.0. The second kappa shape index (κ2) is 6.87. The monoisotopic (exact) mass is 245 g/mol. The van der Waals surface area contributed by atoms with E-state index in [4.69, 9.17) is 4.74 Å². The minimum atomic E-state index is 0.374. The molecule has 0 spiro atoms. The molecule has 0 aliphatic carbocycles. The van der Waals surface area contributed by atoms with Gasteiger partial charge < -0.3 is 10.1 Å². The van der Waals surface area contributed by atoms with Crippen LogP contribution in [0.5, 0.6) is 0 Å². The van der Waals surface area contributed by atoms with Crippen LogP contribution in [-0.2, 0) is 4.74 Å². The molecule has 3 heteroatoms. The van der Waals surface area contributed by atoms with Gasteiger partial charge in [-0.05, 0) is 25.3 Å². The predicted molar refractivity (Wildman–Crippen MR) is 73.2 cm³/mol. The van der Waals surface area contributed by atoms with E-state index in [0.717, 1.165) is 25.7 Å². The standard InChI is InChI=1S/C13H27NOS/c1-5-14-12(10-16-13(2,3)4)11-6-8-15-9-7-11/h11-12,14H,5-10H2,1-4H3. The van der Waals surface area contributed by atoms with Crippen LogP contribution in [0.4, 0.5) is 0 Å². The molecule has 1 N–H and O–H groups in total. The van der Waals surface area contributed by atoms with Crippen molar-refractivity contribution in [1.29, 1.82) is 0 Å². The van der Waals surface area contributed by atoms with Crippen molar-refractivity contribution < 1.29 is 4.74 Å². The van der Waals surface area contributed by atoms with Gasteiger partial charge in [0.25, 0.3) is 0 Å². The Hall–Kier alpha value is 0.270. The number of rotatable bonds is 5. The van der Waals surface area contributed by atoms with E-state index in [1.54, 1.807) is 0 Å². The minimum absolute atomic E-state index is 0.374. The quantitative estimate of drug-likeness (QED) is 0.805. The molecule has 1 aliphatic heterocycles. The van der Waals surface area contributed by atoms with Crippen molar-refractivity contribution in [2.75, 3.05) is 25.5 Å². The number of hydrogen-bond acceptors (Lipinski definition) is 3. The summed E-state index contributed by atoms with van der Waals surface area (Å²) in [6, 6.07) is 0.665. The second-order valence-electron chi connectivity index (χ2n) is 5.54. The zero-order chi connectivity index (χ0) is 12.0. The maximum atomic E-state index is 5.44. The highest BCUT2D eigenvalue weighted by atomic mass is 32.2. The summed E-state index contributed by atoms with van der Waals surface area (Å²) in [5, 5.41) is 3.65. The van der Waals surface area contributed by atoms with Crippen molar-refractivity contribution in [3.63, 3.8) is 0 Å². The summed E-state index contributed by atoms with van der Waals surface area (Å²) < 4.78 is 5.81. The van der Waals surface area contributed by atoms with Crippen LogP contribution < -0.4 is 5.32 Å². The first kappa shape index (κ1) is 14.3. The first-order chi connectivity index (χ1) is 7.53. The number of nitrogens with one attached hydrogen (secondary N) is 1. The molecule has 1 atom stereocenters. The van der Waals surface area contributed by atoms with E-state index in [9.17, 15) is 0 Å². The molecule has 1 aliphatic rings. The van der Waals surface area contributed by atoms with Gasteiger partial charge in [-0.3, -0.25) is 0 Å².